The molecule has 0 aromatic heterocycles. The molecular weight excluding hydrogens is 280 g/mol. The molecule has 5 heteroatoms. The summed E-state index contributed by atoms with van der Waals surface area (Å²) in [6, 6.07) is 5.65. The maximum Gasteiger partial charge on any atom is 0.229 e. The lowest BCUT2D eigenvalue weighted by atomic mass is 10.1. The Bertz CT molecular complexity index is 557. The Labute approximate surface area is 131 Å². The number of rotatable bonds is 6. The fourth-order valence-corrected chi connectivity index (χ4v) is 2.47. The van der Waals surface area contributed by atoms with Crippen molar-refractivity contribution in [1.82, 2.24) is 4.90 Å². The van der Waals surface area contributed by atoms with E-state index in [4.69, 9.17) is 4.74 Å². The van der Waals surface area contributed by atoms with Gasteiger partial charge in [-0.15, -0.1) is 0 Å². The van der Waals surface area contributed by atoms with Gasteiger partial charge in [0.15, 0.2) is 0 Å². The molecule has 1 aromatic rings. The first kappa shape index (κ1) is 16.3. The minimum absolute atomic E-state index is 0.0246. The van der Waals surface area contributed by atoms with E-state index >= 15 is 0 Å². The van der Waals surface area contributed by atoms with Gasteiger partial charge < -0.3 is 15.0 Å². The predicted molar refractivity (Wildman–Crippen MR) is 86.0 cm³/mol. The van der Waals surface area contributed by atoms with Crippen molar-refractivity contribution in [3.63, 3.8) is 0 Å². The Morgan fingerprint density at radius 1 is 1.45 bits per heavy atom. The summed E-state index contributed by atoms with van der Waals surface area (Å²) in [6.45, 7) is 5.26. The van der Waals surface area contributed by atoms with Gasteiger partial charge >= 0.3 is 0 Å². The lowest BCUT2D eigenvalue weighted by Crippen LogP contribution is -2.26. The van der Waals surface area contributed by atoms with Gasteiger partial charge in [0.05, 0.1) is 12.5 Å². The Morgan fingerprint density at radius 3 is 2.82 bits per heavy atom. The van der Waals surface area contributed by atoms with Crippen molar-refractivity contribution in [2.75, 3.05) is 25.5 Å². The average Bonchev–Trinajstić information content (AvgIpc) is 2.82. The molecule has 0 aliphatic carbocycles. The lowest BCUT2D eigenvalue weighted by Gasteiger charge is -2.14. The highest BCUT2D eigenvalue weighted by Crippen LogP contribution is 2.24. The van der Waals surface area contributed by atoms with E-state index in [1.54, 1.807) is 11.9 Å². The minimum Gasteiger partial charge on any atom is -0.494 e. The van der Waals surface area contributed by atoms with Crippen LogP contribution in [-0.2, 0) is 9.59 Å². The second kappa shape index (κ2) is 7.29. The highest BCUT2D eigenvalue weighted by molar-refractivity contribution is 5.97. The molecule has 0 bridgehead atoms. The third-order valence-electron chi connectivity index (χ3n) is 3.93. The molecule has 2 amide bonds. The summed E-state index contributed by atoms with van der Waals surface area (Å²) in [4.78, 5) is 25.3. The molecule has 0 spiro atoms. The summed E-state index contributed by atoms with van der Waals surface area (Å²) in [7, 11) is 1.73. The van der Waals surface area contributed by atoms with Crippen LogP contribution in [0.15, 0.2) is 18.2 Å². The Hall–Kier alpha value is -2.04. The van der Waals surface area contributed by atoms with Gasteiger partial charge in [-0.2, -0.15) is 0 Å². The van der Waals surface area contributed by atoms with Crippen LogP contribution in [0.5, 0.6) is 5.75 Å². The number of hydrogen-bond acceptors (Lipinski definition) is 3. The van der Waals surface area contributed by atoms with E-state index in [0.29, 0.717) is 19.6 Å². The zero-order chi connectivity index (χ0) is 16.1. The van der Waals surface area contributed by atoms with Crippen molar-refractivity contribution in [3.8, 4) is 5.75 Å². The van der Waals surface area contributed by atoms with Crippen LogP contribution in [0.3, 0.4) is 0 Å². The number of unbranched alkanes of at least 4 members (excludes halogenated alkanes) is 1. The molecule has 1 aliphatic rings. The van der Waals surface area contributed by atoms with Crippen molar-refractivity contribution in [3.05, 3.63) is 23.8 Å². The molecule has 120 valence electrons. The molecule has 2 rings (SSSR count). The van der Waals surface area contributed by atoms with Gasteiger partial charge in [0.25, 0.3) is 0 Å². The molecule has 1 atom stereocenters. The maximum atomic E-state index is 12.2. The van der Waals surface area contributed by atoms with Crippen molar-refractivity contribution >= 4 is 17.5 Å². The normalized spacial score (nSPS) is 17.7. The zero-order valence-electron chi connectivity index (χ0n) is 13.5. The summed E-state index contributed by atoms with van der Waals surface area (Å²) in [5, 5.41) is 2.91. The van der Waals surface area contributed by atoms with Crippen LogP contribution in [-0.4, -0.2) is 36.9 Å². The van der Waals surface area contributed by atoms with Gasteiger partial charge in [-0.3, -0.25) is 9.59 Å². The van der Waals surface area contributed by atoms with E-state index in [2.05, 4.69) is 12.2 Å². The number of ether oxygens (including phenoxy) is 1. The van der Waals surface area contributed by atoms with Gasteiger partial charge in [-0.1, -0.05) is 13.3 Å². The van der Waals surface area contributed by atoms with E-state index in [-0.39, 0.29) is 17.7 Å². The zero-order valence-corrected chi connectivity index (χ0v) is 13.5. The molecule has 5 nitrogen and oxygen atoms in total. The van der Waals surface area contributed by atoms with Crippen LogP contribution in [0.25, 0.3) is 0 Å². The second-order valence-corrected chi connectivity index (χ2v) is 5.84. The largest absolute Gasteiger partial charge is 0.494 e. The molecule has 1 aromatic carbocycles. The van der Waals surface area contributed by atoms with E-state index < -0.39 is 0 Å². The van der Waals surface area contributed by atoms with E-state index in [9.17, 15) is 9.59 Å². The summed E-state index contributed by atoms with van der Waals surface area (Å²) < 4.78 is 5.65. The SMILES string of the molecule is CCCCOc1ccc(NC(=O)[C@@H]2CC(=O)N(C)C2)c(C)c1. The smallest absolute Gasteiger partial charge is 0.229 e. The number of nitrogens with one attached hydrogen (secondary N) is 1. The topological polar surface area (TPSA) is 58.6 Å². The molecule has 0 radical (unpaired) electrons. The van der Waals surface area contributed by atoms with Crippen LogP contribution >= 0.6 is 0 Å². The highest BCUT2D eigenvalue weighted by Gasteiger charge is 2.32. The number of amides is 2. The van der Waals surface area contributed by atoms with Gasteiger partial charge in [0, 0.05) is 25.7 Å². The molecule has 1 aliphatic heterocycles. The van der Waals surface area contributed by atoms with Crippen LogP contribution in [0.1, 0.15) is 31.7 Å². The quantitative estimate of drug-likeness (QED) is 0.822. The van der Waals surface area contributed by atoms with Crippen molar-refractivity contribution in [1.29, 1.82) is 0 Å². The van der Waals surface area contributed by atoms with Crippen LogP contribution in [0.2, 0.25) is 0 Å². The number of anilines is 1. The second-order valence-electron chi connectivity index (χ2n) is 5.84. The third kappa shape index (κ3) is 4.00. The number of aryl methyl sites for hydroxylation is 1. The van der Waals surface area contributed by atoms with Crippen molar-refractivity contribution in [2.24, 2.45) is 5.92 Å². The summed E-state index contributed by atoms with van der Waals surface area (Å²) in [6.07, 6.45) is 2.42. The molecule has 22 heavy (non-hydrogen) atoms. The van der Waals surface area contributed by atoms with Crippen molar-refractivity contribution < 1.29 is 14.3 Å². The van der Waals surface area contributed by atoms with Crippen LogP contribution in [0.4, 0.5) is 5.69 Å². The molecule has 1 saturated heterocycles. The van der Waals surface area contributed by atoms with Gasteiger partial charge in [-0.25, -0.2) is 0 Å². The monoisotopic (exact) mass is 304 g/mol. The summed E-state index contributed by atoms with van der Waals surface area (Å²) in [5.41, 5.74) is 1.73. The molecule has 1 heterocycles. The lowest BCUT2D eigenvalue weighted by molar-refractivity contribution is -0.127. The molecular formula is C17H24N2O3. The number of carbonyl (C=O) groups is 2. The number of hydrogen-bond donors (Lipinski definition) is 1. The highest BCUT2D eigenvalue weighted by atomic mass is 16.5. The fraction of sp³-hybridized carbons (Fsp3) is 0.529. The average molecular weight is 304 g/mol. The Morgan fingerprint density at radius 2 is 2.23 bits per heavy atom. The van der Waals surface area contributed by atoms with E-state index in [0.717, 1.165) is 29.8 Å². The minimum atomic E-state index is -0.266. The number of likely N-dealkylation sites (tertiary alicyclic amines) is 1. The Balaban J connectivity index is 1.95. The van der Waals surface area contributed by atoms with Gasteiger partial charge in [0.1, 0.15) is 5.75 Å². The van der Waals surface area contributed by atoms with Crippen LogP contribution < -0.4 is 10.1 Å². The first-order chi connectivity index (χ1) is 10.5. The molecule has 1 fully saturated rings. The summed E-state index contributed by atoms with van der Waals surface area (Å²) >= 11 is 0. The first-order valence-electron chi connectivity index (χ1n) is 7.79. The van der Waals surface area contributed by atoms with Crippen LogP contribution in [0, 0.1) is 12.8 Å². The van der Waals surface area contributed by atoms with Crippen molar-refractivity contribution in [2.45, 2.75) is 33.1 Å². The van der Waals surface area contributed by atoms with E-state index in [1.165, 1.54) is 0 Å². The molecule has 0 unspecified atom stereocenters. The molecule has 1 N–H and O–H groups in total. The Kier molecular flexibility index (Phi) is 5.41. The van der Waals surface area contributed by atoms with E-state index in [1.807, 2.05) is 25.1 Å². The third-order valence-corrected chi connectivity index (χ3v) is 3.93. The fourth-order valence-electron chi connectivity index (χ4n) is 2.47. The number of nitrogens with zero attached hydrogens (tertiary/aromatic N) is 1. The number of carbonyl (C=O) groups excluding carboxylic acids is 2. The van der Waals surface area contributed by atoms with Gasteiger partial charge in [0.2, 0.25) is 11.8 Å². The summed E-state index contributed by atoms with van der Waals surface area (Å²) in [5.74, 6) is 0.481. The maximum absolute atomic E-state index is 12.2. The molecule has 0 saturated carbocycles. The first-order valence-corrected chi connectivity index (χ1v) is 7.79. The van der Waals surface area contributed by atoms with Gasteiger partial charge in [-0.05, 0) is 37.1 Å². The predicted octanol–water partition coefficient (Wildman–Crippen LogP) is 2.59. The number of benzene rings is 1. The standard InChI is InChI=1S/C17H24N2O3/c1-4-5-8-22-14-6-7-15(12(2)9-14)18-17(21)13-10-16(20)19(3)11-13/h6-7,9,13H,4-5,8,10-11H2,1-3H3,(H,18,21)/t13-/m1/s1.